The molecule has 0 aromatic heterocycles. The standard InChI is InChI=1S/C14H18BrNO2/c1-3-10(4-2)14(17)16-7-8-18-13-9-11(15)5-6-12(13)16/h5-6,9-10H,3-4,7-8H2,1-2H3. The molecule has 0 atom stereocenters. The van der Waals surface area contributed by atoms with E-state index in [1.165, 1.54) is 0 Å². The molecular formula is C14H18BrNO2. The van der Waals surface area contributed by atoms with Gasteiger partial charge in [0.2, 0.25) is 5.91 Å². The zero-order valence-corrected chi connectivity index (χ0v) is 12.4. The van der Waals surface area contributed by atoms with E-state index in [0.717, 1.165) is 28.8 Å². The van der Waals surface area contributed by atoms with E-state index in [2.05, 4.69) is 29.8 Å². The molecule has 1 heterocycles. The highest BCUT2D eigenvalue weighted by Crippen LogP contribution is 2.35. The third-order valence-electron chi connectivity index (χ3n) is 3.39. The summed E-state index contributed by atoms with van der Waals surface area (Å²) in [6.07, 6.45) is 1.77. The lowest BCUT2D eigenvalue weighted by atomic mass is 10.0. The van der Waals surface area contributed by atoms with Gasteiger partial charge in [-0.05, 0) is 31.0 Å². The lowest BCUT2D eigenvalue weighted by Crippen LogP contribution is -2.41. The second-order valence-corrected chi connectivity index (χ2v) is 5.38. The van der Waals surface area contributed by atoms with Crippen molar-refractivity contribution < 1.29 is 9.53 Å². The van der Waals surface area contributed by atoms with E-state index in [0.29, 0.717) is 13.2 Å². The molecule has 0 unspecified atom stereocenters. The number of ether oxygens (including phenoxy) is 1. The fourth-order valence-electron chi connectivity index (χ4n) is 2.28. The van der Waals surface area contributed by atoms with Gasteiger partial charge in [0.1, 0.15) is 12.4 Å². The highest BCUT2D eigenvalue weighted by atomic mass is 79.9. The van der Waals surface area contributed by atoms with Gasteiger partial charge in [-0.3, -0.25) is 4.79 Å². The molecular weight excluding hydrogens is 294 g/mol. The summed E-state index contributed by atoms with van der Waals surface area (Å²) < 4.78 is 6.58. The Balaban J connectivity index is 2.30. The Hall–Kier alpha value is -1.03. The van der Waals surface area contributed by atoms with Gasteiger partial charge in [0.25, 0.3) is 0 Å². The topological polar surface area (TPSA) is 29.5 Å². The largest absolute Gasteiger partial charge is 0.489 e. The minimum absolute atomic E-state index is 0.111. The van der Waals surface area contributed by atoms with Crippen LogP contribution in [0.1, 0.15) is 26.7 Å². The molecule has 2 rings (SSSR count). The fraction of sp³-hybridized carbons (Fsp3) is 0.500. The molecule has 4 heteroatoms. The molecule has 1 aliphatic rings. The minimum Gasteiger partial charge on any atom is -0.489 e. The van der Waals surface area contributed by atoms with Crippen molar-refractivity contribution in [1.29, 1.82) is 0 Å². The summed E-state index contributed by atoms with van der Waals surface area (Å²) in [5.74, 6) is 1.11. The normalized spacial score (nSPS) is 14.3. The maximum Gasteiger partial charge on any atom is 0.230 e. The number of fused-ring (bicyclic) bond motifs is 1. The first-order valence-corrected chi connectivity index (χ1v) is 7.20. The molecule has 1 amide bonds. The average Bonchev–Trinajstić information content (AvgIpc) is 2.39. The van der Waals surface area contributed by atoms with Crippen molar-refractivity contribution in [3.8, 4) is 5.75 Å². The van der Waals surface area contributed by atoms with Gasteiger partial charge in [-0.25, -0.2) is 0 Å². The van der Waals surface area contributed by atoms with Crippen LogP contribution in [-0.2, 0) is 4.79 Å². The summed E-state index contributed by atoms with van der Waals surface area (Å²) in [6, 6.07) is 5.81. The number of carbonyl (C=O) groups excluding carboxylic acids is 1. The number of nitrogens with zero attached hydrogens (tertiary/aromatic N) is 1. The van der Waals surface area contributed by atoms with Crippen LogP contribution < -0.4 is 9.64 Å². The fourth-order valence-corrected chi connectivity index (χ4v) is 2.62. The minimum atomic E-state index is 0.111. The van der Waals surface area contributed by atoms with E-state index in [9.17, 15) is 4.79 Å². The summed E-state index contributed by atoms with van der Waals surface area (Å²) in [6.45, 7) is 5.34. The van der Waals surface area contributed by atoms with Crippen LogP contribution in [0.25, 0.3) is 0 Å². The Morgan fingerprint density at radius 2 is 2.17 bits per heavy atom. The SMILES string of the molecule is CCC(CC)C(=O)N1CCOc2cc(Br)ccc21. The maximum atomic E-state index is 12.5. The number of rotatable bonds is 3. The first-order valence-electron chi connectivity index (χ1n) is 6.41. The highest BCUT2D eigenvalue weighted by molar-refractivity contribution is 9.10. The van der Waals surface area contributed by atoms with Crippen LogP contribution in [0.3, 0.4) is 0 Å². The second-order valence-electron chi connectivity index (χ2n) is 4.46. The monoisotopic (exact) mass is 311 g/mol. The number of hydrogen-bond donors (Lipinski definition) is 0. The van der Waals surface area contributed by atoms with Crippen LogP contribution in [0.4, 0.5) is 5.69 Å². The van der Waals surface area contributed by atoms with Gasteiger partial charge < -0.3 is 9.64 Å². The van der Waals surface area contributed by atoms with Crippen molar-refractivity contribution in [2.45, 2.75) is 26.7 Å². The van der Waals surface area contributed by atoms with E-state index in [1.807, 2.05) is 23.1 Å². The van der Waals surface area contributed by atoms with Crippen LogP contribution in [-0.4, -0.2) is 19.1 Å². The third-order valence-corrected chi connectivity index (χ3v) is 3.88. The van der Waals surface area contributed by atoms with E-state index in [4.69, 9.17) is 4.74 Å². The summed E-state index contributed by atoms with van der Waals surface area (Å²) in [7, 11) is 0. The van der Waals surface area contributed by atoms with Gasteiger partial charge in [-0.2, -0.15) is 0 Å². The van der Waals surface area contributed by atoms with Crippen molar-refractivity contribution in [3.05, 3.63) is 22.7 Å². The Morgan fingerprint density at radius 1 is 1.44 bits per heavy atom. The average molecular weight is 312 g/mol. The van der Waals surface area contributed by atoms with Crippen molar-refractivity contribution in [2.75, 3.05) is 18.1 Å². The predicted octanol–water partition coefficient (Wildman–Crippen LogP) is 3.61. The van der Waals surface area contributed by atoms with E-state index >= 15 is 0 Å². The molecule has 18 heavy (non-hydrogen) atoms. The molecule has 0 bridgehead atoms. The van der Waals surface area contributed by atoms with Crippen molar-refractivity contribution in [3.63, 3.8) is 0 Å². The number of halogens is 1. The van der Waals surface area contributed by atoms with Crippen LogP contribution in [0.5, 0.6) is 5.75 Å². The zero-order valence-electron chi connectivity index (χ0n) is 10.8. The molecule has 98 valence electrons. The number of hydrogen-bond acceptors (Lipinski definition) is 2. The summed E-state index contributed by atoms with van der Waals surface area (Å²) in [4.78, 5) is 14.3. The van der Waals surface area contributed by atoms with Crippen LogP contribution >= 0.6 is 15.9 Å². The molecule has 0 aliphatic carbocycles. The smallest absolute Gasteiger partial charge is 0.230 e. The van der Waals surface area contributed by atoms with Gasteiger partial charge >= 0.3 is 0 Å². The molecule has 0 saturated carbocycles. The van der Waals surface area contributed by atoms with Crippen molar-refractivity contribution in [1.82, 2.24) is 0 Å². The van der Waals surface area contributed by atoms with E-state index in [-0.39, 0.29) is 11.8 Å². The first kappa shape index (κ1) is 13.4. The molecule has 1 aromatic carbocycles. The van der Waals surface area contributed by atoms with Crippen molar-refractivity contribution in [2.24, 2.45) is 5.92 Å². The quantitative estimate of drug-likeness (QED) is 0.853. The van der Waals surface area contributed by atoms with Crippen molar-refractivity contribution >= 4 is 27.5 Å². The molecule has 0 spiro atoms. The Kier molecular flexibility index (Phi) is 4.27. The summed E-state index contributed by atoms with van der Waals surface area (Å²) in [5, 5.41) is 0. The molecule has 3 nitrogen and oxygen atoms in total. The maximum absolute atomic E-state index is 12.5. The molecule has 0 fully saturated rings. The predicted molar refractivity (Wildman–Crippen MR) is 76.1 cm³/mol. The molecule has 0 saturated heterocycles. The van der Waals surface area contributed by atoms with Gasteiger partial charge in [-0.15, -0.1) is 0 Å². The number of amides is 1. The van der Waals surface area contributed by atoms with Crippen LogP contribution in [0.15, 0.2) is 22.7 Å². The van der Waals surface area contributed by atoms with Gasteiger partial charge in [-0.1, -0.05) is 29.8 Å². The van der Waals surface area contributed by atoms with Crippen LogP contribution in [0.2, 0.25) is 0 Å². The van der Waals surface area contributed by atoms with E-state index < -0.39 is 0 Å². The Bertz CT molecular complexity index is 443. The van der Waals surface area contributed by atoms with Gasteiger partial charge in [0, 0.05) is 10.4 Å². The first-order chi connectivity index (χ1) is 8.67. The molecule has 1 aliphatic heterocycles. The lowest BCUT2D eigenvalue weighted by molar-refractivity contribution is -0.122. The summed E-state index contributed by atoms with van der Waals surface area (Å²) >= 11 is 3.42. The molecule has 1 aromatic rings. The Morgan fingerprint density at radius 3 is 2.83 bits per heavy atom. The second kappa shape index (κ2) is 5.74. The number of anilines is 1. The summed E-state index contributed by atoms with van der Waals surface area (Å²) in [5.41, 5.74) is 0.890. The van der Waals surface area contributed by atoms with Crippen LogP contribution in [0, 0.1) is 5.92 Å². The van der Waals surface area contributed by atoms with Gasteiger partial charge in [0.05, 0.1) is 12.2 Å². The third kappa shape index (κ3) is 2.53. The molecule has 0 N–H and O–H groups in total. The number of carbonyl (C=O) groups is 1. The zero-order chi connectivity index (χ0) is 13.1. The van der Waals surface area contributed by atoms with E-state index in [1.54, 1.807) is 0 Å². The molecule has 0 radical (unpaired) electrons. The Labute approximate surface area is 116 Å². The highest BCUT2D eigenvalue weighted by Gasteiger charge is 2.27. The number of benzene rings is 1. The lowest BCUT2D eigenvalue weighted by Gasteiger charge is -2.32. The van der Waals surface area contributed by atoms with Gasteiger partial charge in [0.15, 0.2) is 0 Å².